The van der Waals surface area contributed by atoms with E-state index in [0.29, 0.717) is 17.8 Å². The first kappa shape index (κ1) is 16.1. The second-order valence-corrected chi connectivity index (χ2v) is 6.14. The number of nitrogens with one attached hydrogen (secondary N) is 1. The quantitative estimate of drug-likeness (QED) is 0.754. The minimum Gasteiger partial charge on any atom is -0.497 e. The number of anilines is 1. The summed E-state index contributed by atoms with van der Waals surface area (Å²) in [5.74, 6) is 0.847. The highest BCUT2D eigenvalue weighted by Gasteiger charge is 2.30. The topological polar surface area (TPSA) is 95.1 Å². The third kappa shape index (κ3) is 2.48. The van der Waals surface area contributed by atoms with Gasteiger partial charge in [-0.25, -0.2) is 9.97 Å². The van der Waals surface area contributed by atoms with Gasteiger partial charge in [-0.3, -0.25) is 4.79 Å². The lowest BCUT2D eigenvalue weighted by molar-refractivity contribution is 0.0946. The summed E-state index contributed by atoms with van der Waals surface area (Å²) >= 11 is 0. The van der Waals surface area contributed by atoms with E-state index in [2.05, 4.69) is 15.3 Å². The fourth-order valence-corrected chi connectivity index (χ4v) is 3.52. The molecule has 0 aliphatic carbocycles. The van der Waals surface area contributed by atoms with Crippen molar-refractivity contribution in [3.05, 3.63) is 47.8 Å². The molecule has 3 aromatic rings. The zero-order chi connectivity index (χ0) is 18.3. The molecule has 0 unspecified atom stereocenters. The average molecular weight is 349 g/mol. The lowest BCUT2D eigenvalue weighted by Gasteiger charge is -2.15. The van der Waals surface area contributed by atoms with Crippen LogP contribution in [0.5, 0.6) is 5.75 Å². The highest BCUT2D eigenvalue weighted by atomic mass is 16.5. The van der Waals surface area contributed by atoms with Crippen molar-refractivity contribution in [2.24, 2.45) is 7.05 Å². The number of carbonyl (C=O) groups is 1. The number of methoxy groups -OCH3 is 1. The molecule has 1 amide bonds. The summed E-state index contributed by atoms with van der Waals surface area (Å²) < 4.78 is 7.40. The molecule has 4 rings (SSSR count). The van der Waals surface area contributed by atoms with Crippen LogP contribution in [0.25, 0.3) is 22.5 Å². The number of fused-ring (bicyclic) bond motifs is 1. The van der Waals surface area contributed by atoms with E-state index < -0.39 is 0 Å². The van der Waals surface area contributed by atoms with Gasteiger partial charge < -0.3 is 20.4 Å². The zero-order valence-electron chi connectivity index (χ0n) is 14.6. The van der Waals surface area contributed by atoms with Gasteiger partial charge in [0.05, 0.1) is 24.1 Å². The molecule has 0 bridgehead atoms. The molecule has 0 saturated carbocycles. The van der Waals surface area contributed by atoms with Crippen LogP contribution in [-0.4, -0.2) is 34.1 Å². The summed E-state index contributed by atoms with van der Waals surface area (Å²) in [6, 6.07) is 9.48. The van der Waals surface area contributed by atoms with Crippen molar-refractivity contribution in [3.8, 4) is 28.3 Å². The molecule has 0 spiro atoms. The molecular weight excluding hydrogens is 330 g/mol. The number of aromatic nitrogens is 3. The predicted molar refractivity (Wildman–Crippen MR) is 98.9 cm³/mol. The van der Waals surface area contributed by atoms with Crippen LogP contribution >= 0.6 is 0 Å². The lowest BCUT2D eigenvalue weighted by Crippen LogP contribution is -2.32. The third-order valence-corrected chi connectivity index (χ3v) is 4.67. The Morgan fingerprint density at radius 1 is 1.27 bits per heavy atom. The molecule has 7 nitrogen and oxygen atoms in total. The SMILES string of the molecule is COc1cccc(-c2c3c(n(C)c2-c2ccnc(N)n2)CCNC3=O)c1. The van der Waals surface area contributed by atoms with Crippen LogP contribution in [-0.2, 0) is 13.5 Å². The number of nitrogens with two attached hydrogens (primary N) is 1. The first-order valence-corrected chi connectivity index (χ1v) is 8.33. The van der Waals surface area contributed by atoms with Gasteiger partial charge >= 0.3 is 0 Å². The molecular formula is C19H19N5O2. The number of amides is 1. The van der Waals surface area contributed by atoms with Gasteiger partial charge in [0, 0.05) is 37.5 Å². The molecule has 3 heterocycles. The minimum atomic E-state index is -0.0760. The van der Waals surface area contributed by atoms with Crippen LogP contribution < -0.4 is 15.8 Å². The number of carbonyl (C=O) groups excluding carboxylic acids is 1. The zero-order valence-corrected chi connectivity index (χ0v) is 14.6. The highest BCUT2D eigenvalue weighted by Crippen LogP contribution is 2.40. The Balaban J connectivity index is 2.06. The maximum absolute atomic E-state index is 12.7. The molecule has 0 radical (unpaired) electrons. The van der Waals surface area contributed by atoms with Gasteiger partial charge in [-0.1, -0.05) is 12.1 Å². The number of benzene rings is 1. The summed E-state index contributed by atoms with van der Waals surface area (Å²) in [5, 5.41) is 2.94. The van der Waals surface area contributed by atoms with E-state index in [4.69, 9.17) is 10.5 Å². The minimum absolute atomic E-state index is 0.0760. The Morgan fingerprint density at radius 2 is 2.12 bits per heavy atom. The van der Waals surface area contributed by atoms with Crippen LogP contribution in [0.3, 0.4) is 0 Å². The van der Waals surface area contributed by atoms with Gasteiger partial charge in [0.1, 0.15) is 5.75 Å². The Bertz CT molecular complexity index is 1010. The van der Waals surface area contributed by atoms with Gasteiger partial charge in [-0.2, -0.15) is 0 Å². The van der Waals surface area contributed by atoms with Crippen molar-refractivity contribution in [1.82, 2.24) is 19.9 Å². The van der Waals surface area contributed by atoms with Crippen molar-refractivity contribution in [1.29, 1.82) is 0 Å². The van der Waals surface area contributed by atoms with E-state index in [1.807, 2.05) is 35.9 Å². The number of nitrogens with zero attached hydrogens (tertiary/aromatic N) is 3. The number of ether oxygens (including phenoxy) is 1. The van der Waals surface area contributed by atoms with Crippen LogP contribution in [0.4, 0.5) is 5.95 Å². The Kier molecular flexibility index (Phi) is 3.84. The van der Waals surface area contributed by atoms with Crippen LogP contribution in [0, 0.1) is 0 Å². The van der Waals surface area contributed by atoms with Crippen LogP contribution in [0.1, 0.15) is 16.1 Å². The molecule has 3 N–H and O–H groups in total. The van der Waals surface area contributed by atoms with Crippen molar-refractivity contribution in [2.45, 2.75) is 6.42 Å². The van der Waals surface area contributed by atoms with Gasteiger partial charge in [-0.05, 0) is 23.8 Å². The normalized spacial score (nSPS) is 13.2. The summed E-state index contributed by atoms with van der Waals surface area (Å²) in [6.07, 6.45) is 2.38. The number of hydrogen-bond acceptors (Lipinski definition) is 5. The average Bonchev–Trinajstić information content (AvgIpc) is 2.96. The second-order valence-electron chi connectivity index (χ2n) is 6.14. The monoisotopic (exact) mass is 349 g/mol. The van der Waals surface area contributed by atoms with E-state index in [1.165, 1.54) is 0 Å². The third-order valence-electron chi connectivity index (χ3n) is 4.67. The van der Waals surface area contributed by atoms with E-state index >= 15 is 0 Å². The fraction of sp³-hybridized carbons (Fsp3) is 0.211. The van der Waals surface area contributed by atoms with E-state index in [0.717, 1.165) is 34.7 Å². The number of nitrogen functional groups attached to an aromatic ring is 1. The molecule has 1 aliphatic rings. The molecule has 132 valence electrons. The van der Waals surface area contributed by atoms with Crippen molar-refractivity contribution < 1.29 is 9.53 Å². The first-order chi connectivity index (χ1) is 12.6. The maximum Gasteiger partial charge on any atom is 0.253 e. The van der Waals surface area contributed by atoms with E-state index in [1.54, 1.807) is 19.4 Å². The Morgan fingerprint density at radius 3 is 2.88 bits per heavy atom. The van der Waals surface area contributed by atoms with E-state index in [-0.39, 0.29) is 11.9 Å². The van der Waals surface area contributed by atoms with Crippen molar-refractivity contribution in [2.75, 3.05) is 19.4 Å². The number of hydrogen-bond donors (Lipinski definition) is 2. The Hall–Kier alpha value is -3.35. The largest absolute Gasteiger partial charge is 0.497 e. The smallest absolute Gasteiger partial charge is 0.253 e. The van der Waals surface area contributed by atoms with Gasteiger partial charge in [0.15, 0.2) is 0 Å². The van der Waals surface area contributed by atoms with Crippen LogP contribution in [0.2, 0.25) is 0 Å². The molecule has 0 atom stereocenters. The molecule has 7 heteroatoms. The standard InChI is InChI=1S/C19H19N5O2/c1-24-14-7-9-21-18(25)16(14)15(11-4-3-5-12(10-11)26-2)17(24)13-6-8-22-19(20)23-13/h3-6,8,10H,7,9H2,1-2H3,(H,21,25)(H2,20,22,23). The van der Waals surface area contributed by atoms with Crippen molar-refractivity contribution >= 4 is 11.9 Å². The molecule has 2 aromatic heterocycles. The van der Waals surface area contributed by atoms with Gasteiger partial charge in [-0.15, -0.1) is 0 Å². The van der Waals surface area contributed by atoms with Gasteiger partial charge in [0.25, 0.3) is 5.91 Å². The predicted octanol–water partition coefficient (Wildman–Crippen LogP) is 2.03. The molecule has 0 fully saturated rings. The Labute approximate surface area is 150 Å². The maximum atomic E-state index is 12.7. The molecule has 1 aliphatic heterocycles. The first-order valence-electron chi connectivity index (χ1n) is 8.33. The second kappa shape index (κ2) is 6.18. The highest BCUT2D eigenvalue weighted by molar-refractivity contribution is 6.06. The van der Waals surface area contributed by atoms with Crippen LogP contribution in [0.15, 0.2) is 36.5 Å². The molecule has 0 saturated heterocycles. The molecule has 1 aromatic carbocycles. The summed E-state index contributed by atoms with van der Waals surface area (Å²) in [6.45, 7) is 0.618. The summed E-state index contributed by atoms with van der Waals surface area (Å²) in [5.41, 5.74) is 10.7. The fourth-order valence-electron chi connectivity index (χ4n) is 3.52. The summed E-state index contributed by atoms with van der Waals surface area (Å²) in [7, 11) is 3.58. The van der Waals surface area contributed by atoms with Crippen molar-refractivity contribution in [3.63, 3.8) is 0 Å². The molecule has 26 heavy (non-hydrogen) atoms. The number of rotatable bonds is 3. The summed E-state index contributed by atoms with van der Waals surface area (Å²) in [4.78, 5) is 21.0. The lowest BCUT2D eigenvalue weighted by atomic mass is 9.96. The van der Waals surface area contributed by atoms with Gasteiger partial charge in [0.2, 0.25) is 5.95 Å². The van der Waals surface area contributed by atoms with E-state index in [9.17, 15) is 4.79 Å².